The number of hydrogen-bond donors (Lipinski definition) is 1. The van der Waals surface area contributed by atoms with Crippen molar-refractivity contribution in [1.82, 2.24) is 5.32 Å². The fourth-order valence-corrected chi connectivity index (χ4v) is 4.72. The molecule has 0 aliphatic heterocycles. The number of nitrogens with one attached hydrogen (secondary N) is 1. The highest BCUT2D eigenvalue weighted by molar-refractivity contribution is 9.10. The Kier molecular flexibility index (Phi) is 4.64. The number of hydrogen-bond acceptors (Lipinski definition) is 2. The van der Waals surface area contributed by atoms with Crippen LogP contribution in [0.15, 0.2) is 33.2 Å². The van der Waals surface area contributed by atoms with E-state index in [1.807, 2.05) is 18.4 Å². The van der Waals surface area contributed by atoms with E-state index in [1.54, 1.807) is 0 Å². The van der Waals surface area contributed by atoms with Gasteiger partial charge >= 0.3 is 0 Å². The van der Waals surface area contributed by atoms with E-state index in [0.29, 0.717) is 0 Å². The lowest BCUT2D eigenvalue weighted by Crippen LogP contribution is -2.17. The highest BCUT2D eigenvalue weighted by Gasteiger charge is 2.19. The van der Waals surface area contributed by atoms with Gasteiger partial charge in [0.05, 0.1) is 6.04 Å². The van der Waals surface area contributed by atoms with Gasteiger partial charge in [-0.05, 0) is 60.1 Å². The van der Waals surface area contributed by atoms with Gasteiger partial charge in [-0.25, -0.2) is 0 Å². The zero-order chi connectivity index (χ0) is 13.3. The number of halogens is 2. The summed E-state index contributed by atoms with van der Waals surface area (Å²) in [4.78, 5) is 2.64. The molecule has 1 nitrogen and oxygen atoms in total. The molecule has 1 unspecified atom stereocenters. The molecule has 4 heteroatoms. The summed E-state index contributed by atoms with van der Waals surface area (Å²) in [5.74, 6) is 0. The Morgan fingerprint density at radius 1 is 1.11 bits per heavy atom. The molecule has 0 fully saturated rings. The van der Waals surface area contributed by atoms with Gasteiger partial charge < -0.3 is 5.32 Å². The number of thiophene rings is 1. The maximum atomic E-state index is 3.67. The molecule has 0 bridgehead atoms. The molecule has 0 radical (unpaired) electrons. The van der Waals surface area contributed by atoms with Crippen molar-refractivity contribution in [2.75, 3.05) is 7.05 Å². The molecular weight excluding hydrogens is 374 g/mol. The van der Waals surface area contributed by atoms with Crippen molar-refractivity contribution in [3.8, 4) is 0 Å². The minimum atomic E-state index is 0.216. The lowest BCUT2D eigenvalue weighted by molar-refractivity contribution is 0.698. The highest BCUT2D eigenvalue weighted by Crippen LogP contribution is 2.37. The molecule has 0 amide bonds. The van der Waals surface area contributed by atoms with Gasteiger partial charge in [-0.2, -0.15) is 0 Å². The Balaban J connectivity index is 2.48. The van der Waals surface area contributed by atoms with E-state index in [0.717, 1.165) is 4.47 Å². The number of aryl methyl sites for hydroxylation is 2. The van der Waals surface area contributed by atoms with Crippen molar-refractivity contribution in [3.63, 3.8) is 0 Å². The Hall–Kier alpha value is -0.160. The van der Waals surface area contributed by atoms with Crippen molar-refractivity contribution in [2.45, 2.75) is 19.9 Å². The smallest absolute Gasteiger partial charge is 0.0691 e. The molecule has 18 heavy (non-hydrogen) atoms. The lowest BCUT2D eigenvalue weighted by atomic mass is 10.0. The average Bonchev–Trinajstić information content (AvgIpc) is 2.62. The summed E-state index contributed by atoms with van der Waals surface area (Å²) in [6, 6.07) is 8.88. The quantitative estimate of drug-likeness (QED) is 0.761. The van der Waals surface area contributed by atoms with E-state index in [2.05, 4.69) is 75.3 Å². The van der Waals surface area contributed by atoms with Crippen LogP contribution in [0.25, 0.3) is 0 Å². The van der Waals surface area contributed by atoms with Crippen molar-refractivity contribution < 1.29 is 0 Å². The Morgan fingerprint density at radius 3 is 2.33 bits per heavy atom. The normalized spacial score (nSPS) is 12.7. The highest BCUT2D eigenvalue weighted by atomic mass is 79.9. The van der Waals surface area contributed by atoms with E-state index in [9.17, 15) is 0 Å². The largest absolute Gasteiger partial charge is 0.309 e. The maximum Gasteiger partial charge on any atom is 0.0691 e. The fraction of sp³-hybridized carbons (Fsp3) is 0.286. The molecule has 2 aromatic rings. The monoisotopic (exact) mass is 387 g/mol. The van der Waals surface area contributed by atoms with Crippen LogP contribution >= 0.6 is 43.2 Å². The molecule has 0 saturated heterocycles. The van der Waals surface area contributed by atoms with E-state index in [-0.39, 0.29) is 6.04 Å². The molecular formula is C14H15Br2NS. The number of rotatable bonds is 3. The van der Waals surface area contributed by atoms with Gasteiger partial charge in [-0.3, -0.25) is 0 Å². The van der Waals surface area contributed by atoms with Crippen LogP contribution in [0.4, 0.5) is 0 Å². The topological polar surface area (TPSA) is 12.0 Å². The number of benzene rings is 1. The van der Waals surface area contributed by atoms with Crippen LogP contribution in [-0.2, 0) is 0 Å². The summed E-state index contributed by atoms with van der Waals surface area (Å²) in [7, 11) is 2.00. The van der Waals surface area contributed by atoms with Gasteiger partial charge in [0, 0.05) is 18.7 Å². The van der Waals surface area contributed by atoms with Crippen molar-refractivity contribution in [3.05, 3.63) is 54.1 Å². The van der Waals surface area contributed by atoms with Crippen molar-refractivity contribution >= 4 is 43.2 Å². The SMILES string of the molecule is CNC(c1ccc(C)cc1Br)c1sc(C)cc1Br. The third-order valence-corrected chi connectivity index (χ3v) is 5.57. The second-order valence-electron chi connectivity index (χ2n) is 4.32. The molecule has 1 heterocycles. The molecule has 1 aromatic heterocycles. The molecule has 0 aliphatic carbocycles. The van der Waals surface area contributed by atoms with Gasteiger partial charge in [0.2, 0.25) is 0 Å². The molecule has 1 N–H and O–H groups in total. The summed E-state index contributed by atoms with van der Waals surface area (Å²) in [6.45, 7) is 4.24. The summed E-state index contributed by atoms with van der Waals surface area (Å²) >= 11 is 9.14. The zero-order valence-electron chi connectivity index (χ0n) is 10.6. The molecule has 1 aromatic carbocycles. The van der Waals surface area contributed by atoms with Crippen LogP contribution in [0, 0.1) is 13.8 Å². The first-order valence-electron chi connectivity index (χ1n) is 5.72. The van der Waals surface area contributed by atoms with Crippen LogP contribution in [-0.4, -0.2) is 7.05 Å². The van der Waals surface area contributed by atoms with Gasteiger partial charge in [-0.1, -0.05) is 28.1 Å². The fourth-order valence-electron chi connectivity index (χ4n) is 1.99. The summed E-state index contributed by atoms with van der Waals surface area (Å²) in [6.07, 6.45) is 0. The van der Waals surface area contributed by atoms with Crippen LogP contribution in [0.3, 0.4) is 0 Å². The first-order valence-corrected chi connectivity index (χ1v) is 8.12. The van der Waals surface area contributed by atoms with Gasteiger partial charge in [0.15, 0.2) is 0 Å². The van der Waals surface area contributed by atoms with E-state index in [1.165, 1.54) is 25.4 Å². The molecule has 0 aliphatic rings. The van der Waals surface area contributed by atoms with Crippen LogP contribution < -0.4 is 5.32 Å². The lowest BCUT2D eigenvalue weighted by Gasteiger charge is -2.18. The van der Waals surface area contributed by atoms with Crippen molar-refractivity contribution in [2.24, 2.45) is 0 Å². The standard InChI is InChI=1S/C14H15Br2NS/c1-8-4-5-10(11(15)6-8)13(17-3)14-12(16)7-9(2)18-14/h4-7,13,17H,1-3H3. The van der Waals surface area contributed by atoms with Crippen molar-refractivity contribution in [1.29, 1.82) is 0 Å². The second-order valence-corrected chi connectivity index (χ2v) is 7.31. The van der Waals surface area contributed by atoms with Gasteiger partial charge in [0.1, 0.15) is 0 Å². The predicted octanol–water partition coefficient (Wildman–Crippen LogP) is 5.20. The predicted molar refractivity (Wildman–Crippen MR) is 86.5 cm³/mol. The summed E-state index contributed by atoms with van der Waals surface area (Å²) in [5.41, 5.74) is 2.53. The third kappa shape index (κ3) is 2.87. The zero-order valence-corrected chi connectivity index (χ0v) is 14.5. The van der Waals surface area contributed by atoms with Crippen LogP contribution in [0.1, 0.15) is 26.9 Å². The molecule has 0 saturated carbocycles. The molecule has 1 atom stereocenters. The summed E-state index contributed by atoms with van der Waals surface area (Å²) in [5, 5.41) is 3.40. The molecule has 96 valence electrons. The third-order valence-electron chi connectivity index (χ3n) is 2.85. The van der Waals surface area contributed by atoms with E-state index >= 15 is 0 Å². The first-order chi connectivity index (χ1) is 8.52. The van der Waals surface area contributed by atoms with E-state index in [4.69, 9.17) is 0 Å². The van der Waals surface area contributed by atoms with E-state index < -0.39 is 0 Å². The van der Waals surface area contributed by atoms with Gasteiger partial charge in [0.25, 0.3) is 0 Å². The van der Waals surface area contributed by atoms with Crippen LogP contribution in [0.2, 0.25) is 0 Å². The Morgan fingerprint density at radius 2 is 1.83 bits per heavy atom. The summed E-state index contributed by atoms with van der Waals surface area (Å²) < 4.78 is 2.33. The minimum absolute atomic E-state index is 0.216. The Labute approximate surface area is 129 Å². The first kappa shape index (κ1) is 14.3. The van der Waals surface area contributed by atoms with Crippen LogP contribution in [0.5, 0.6) is 0 Å². The Bertz CT molecular complexity index is 563. The maximum absolute atomic E-state index is 3.67. The molecule has 2 rings (SSSR count). The average molecular weight is 389 g/mol. The molecule has 0 spiro atoms. The second kappa shape index (κ2) is 5.87. The minimum Gasteiger partial charge on any atom is -0.309 e. The van der Waals surface area contributed by atoms with Gasteiger partial charge in [-0.15, -0.1) is 11.3 Å².